The van der Waals surface area contributed by atoms with Gasteiger partial charge in [0.2, 0.25) is 0 Å². The molecular formula is C31H46N2O. The van der Waals surface area contributed by atoms with Crippen LogP contribution in [0.4, 0.5) is 0 Å². The Bertz CT molecular complexity index is 1040. The van der Waals surface area contributed by atoms with Gasteiger partial charge in [0.15, 0.2) is 0 Å². The molecule has 0 aromatic heterocycles. The van der Waals surface area contributed by atoms with Crippen molar-refractivity contribution >= 4 is 5.70 Å². The van der Waals surface area contributed by atoms with E-state index in [0.29, 0.717) is 0 Å². The van der Waals surface area contributed by atoms with Crippen molar-refractivity contribution in [2.75, 3.05) is 0 Å². The smallest absolute Gasteiger partial charge is 0.0591 e. The van der Waals surface area contributed by atoms with E-state index in [9.17, 15) is 5.11 Å². The van der Waals surface area contributed by atoms with Crippen LogP contribution in [0.2, 0.25) is 0 Å². The fourth-order valence-electron chi connectivity index (χ4n) is 4.89. The lowest BCUT2D eigenvalue weighted by atomic mass is 9.69. The summed E-state index contributed by atoms with van der Waals surface area (Å²) < 4.78 is 0. The number of aliphatic hydroxyl groups is 1. The van der Waals surface area contributed by atoms with Crippen LogP contribution in [-0.4, -0.2) is 11.2 Å². The van der Waals surface area contributed by atoms with Gasteiger partial charge in [-0.3, -0.25) is 0 Å². The molecule has 0 aliphatic carbocycles. The number of rotatable bonds is 9. The maximum atomic E-state index is 10.5. The summed E-state index contributed by atoms with van der Waals surface area (Å²) in [6, 6.07) is 13.6. The Morgan fingerprint density at radius 2 is 1.53 bits per heavy atom. The lowest BCUT2D eigenvalue weighted by molar-refractivity contribution is 0.0560. The average molecular weight is 463 g/mol. The monoisotopic (exact) mass is 462 g/mol. The van der Waals surface area contributed by atoms with E-state index in [2.05, 4.69) is 84.9 Å². The molecule has 0 radical (unpaired) electrons. The number of hydrogen-bond acceptors (Lipinski definition) is 3. The SMILES string of the molecule is CCC(CC)(c1ccc(CCC(O)C(C)(C)C)c(C)c1)c1ccc(/C(N)=C/C(C)=C\N)c(C)c1. The highest BCUT2D eigenvalue weighted by Gasteiger charge is 2.31. The molecule has 3 heteroatoms. The number of aryl methyl sites for hydroxylation is 3. The third-order valence-corrected chi connectivity index (χ3v) is 7.53. The third kappa shape index (κ3) is 6.13. The molecule has 0 saturated carbocycles. The molecule has 186 valence electrons. The Kier molecular flexibility index (Phi) is 9.19. The molecule has 2 aromatic rings. The number of allylic oxidation sites excluding steroid dienone is 2. The lowest BCUT2D eigenvalue weighted by Crippen LogP contribution is -2.27. The van der Waals surface area contributed by atoms with E-state index in [4.69, 9.17) is 11.5 Å². The quantitative estimate of drug-likeness (QED) is 0.354. The van der Waals surface area contributed by atoms with Crippen molar-refractivity contribution in [1.29, 1.82) is 0 Å². The fourth-order valence-corrected chi connectivity index (χ4v) is 4.89. The summed E-state index contributed by atoms with van der Waals surface area (Å²) in [5.41, 5.74) is 21.1. The molecule has 2 rings (SSSR count). The molecule has 0 fully saturated rings. The van der Waals surface area contributed by atoms with E-state index < -0.39 is 0 Å². The normalized spacial score (nSPS) is 14.4. The molecule has 5 N–H and O–H groups in total. The number of aliphatic hydroxyl groups excluding tert-OH is 1. The molecule has 1 unspecified atom stereocenters. The number of nitrogens with two attached hydrogens (primary N) is 2. The van der Waals surface area contributed by atoms with Gasteiger partial charge in [0.25, 0.3) is 0 Å². The maximum Gasteiger partial charge on any atom is 0.0591 e. The van der Waals surface area contributed by atoms with Gasteiger partial charge in [0.05, 0.1) is 6.10 Å². The summed E-state index contributed by atoms with van der Waals surface area (Å²) in [5.74, 6) is 0. The zero-order valence-corrected chi connectivity index (χ0v) is 22.6. The second kappa shape index (κ2) is 11.3. The summed E-state index contributed by atoms with van der Waals surface area (Å²) in [6.07, 6.45) is 6.91. The Balaban J connectivity index is 2.42. The van der Waals surface area contributed by atoms with Crippen LogP contribution in [-0.2, 0) is 11.8 Å². The van der Waals surface area contributed by atoms with Crippen LogP contribution >= 0.6 is 0 Å². The van der Waals surface area contributed by atoms with Crippen LogP contribution in [0.5, 0.6) is 0 Å². The molecule has 2 aromatic carbocycles. The van der Waals surface area contributed by atoms with Gasteiger partial charge in [-0.05, 0) is 97.5 Å². The Labute approximate surface area is 208 Å². The van der Waals surface area contributed by atoms with Gasteiger partial charge in [-0.15, -0.1) is 0 Å². The molecule has 0 bridgehead atoms. The van der Waals surface area contributed by atoms with E-state index in [1.807, 2.05) is 13.0 Å². The summed E-state index contributed by atoms with van der Waals surface area (Å²) in [7, 11) is 0. The molecule has 34 heavy (non-hydrogen) atoms. The van der Waals surface area contributed by atoms with Gasteiger partial charge < -0.3 is 16.6 Å². The molecular weight excluding hydrogens is 416 g/mol. The van der Waals surface area contributed by atoms with Crippen LogP contribution in [0.3, 0.4) is 0 Å². The summed E-state index contributed by atoms with van der Waals surface area (Å²) in [4.78, 5) is 0. The fraction of sp³-hybridized carbons (Fsp3) is 0.484. The molecule has 0 amide bonds. The number of benzene rings is 2. The van der Waals surface area contributed by atoms with Crippen molar-refractivity contribution < 1.29 is 5.11 Å². The topological polar surface area (TPSA) is 72.3 Å². The third-order valence-electron chi connectivity index (χ3n) is 7.53. The van der Waals surface area contributed by atoms with Gasteiger partial charge in [0.1, 0.15) is 0 Å². The summed E-state index contributed by atoms with van der Waals surface area (Å²) >= 11 is 0. The van der Waals surface area contributed by atoms with E-state index in [1.54, 1.807) is 6.20 Å². The van der Waals surface area contributed by atoms with Crippen molar-refractivity contribution in [3.8, 4) is 0 Å². The van der Waals surface area contributed by atoms with Crippen LogP contribution in [0.15, 0.2) is 54.2 Å². The van der Waals surface area contributed by atoms with E-state index in [-0.39, 0.29) is 16.9 Å². The van der Waals surface area contributed by atoms with Crippen molar-refractivity contribution in [3.63, 3.8) is 0 Å². The van der Waals surface area contributed by atoms with E-state index in [0.717, 1.165) is 42.5 Å². The first-order valence-electron chi connectivity index (χ1n) is 12.6. The average Bonchev–Trinajstić information content (AvgIpc) is 2.78. The highest BCUT2D eigenvalue weighted by Crippen LogP contribution is 2.40. The summed E-state index contributed by atoms with van der Waals surface area (Å²) in [6.45, 7) is 17.1. The van der Waals surface area contributed by atoms with Crippen LogP contribution in [0, 0.1) is 19.3 Å². The van der Waals surface area contributed by atoms with Gasteiger partial charge >= 0.3 is 0 Å². The van der Waals surface area contributed by atoms with Gasteiger partial charge in [-0.25, -0.2) is 0 Å². The van der Waals surface area contributed by atoms with Crippen LogP contribution in [0.25, 0.3) is 5.70 Å². The van der Waals surface area contributed by atoms with E-state index in [1.165, 1.54) is 27.8 Å². The number of hydrogen-bond donors (Lipinski definition) is 3. The standard InChI is InChI=1S/C31H46N2O/c1-9-31(10-2,26-14-15-27(23(5)19-26)28(33)17-21(3)20-32)25-13-11-24(22(4)18-25)12-16-29(34)30(6,7)8/h11,13-15,17-20,29,34H,9-10,12,16,32-33H2,1-8H3/b21-20-,28-17-. The lowest BCUT2D eigenvalue weighted by Gasteiger charge is -2.34. The summed E-state index contributed by atoms with van der Waals surface area (Å²) in [5, 5.41) is 10.5. The highest BCUT2D eigenvalue weighted by atomic mass is 16.3. The first kappa shape index (κ1) is 27.7. The second-order valence-corrected chi connectivity index (χ2v) is 10.9. The Hall–Kier alpha value is -2.52. The molecule has 0 heterocycles. The van der Waals surface area contributed by atoms with Gasteiger partial charge in [0, 0.05) is 16.7 Å². The van der Waals surface area contributed by atoms with Crippen molar-refractivity contribution in [2.24, 2.45) is 16.9 Å². The molecule has 1 atom stereocenters. The first-order valence-corrected chi connectivity index (χ1v) is 12.6. The van der Waals surface area contributed by atoms with Crippen molar-refractivity contribution in [2.45, 2.75) is 92.6 Å². The minimum Gasteiger partial charge on any atom is -0.404 e. The molecule has 0 aliphatic heterocycles. The minimum absolute atomic E-state index is 0.0525. The largest absolute Gasteiger partial charge is 0.404 e. The van der Waals surface area contributed by atoms with Crippen LogP contribution in [0.1, 0.15) is 94.2 Å². The predicted molar refractivity (Wildman–Crippen MR) is 148 cm³/mol. The van der Waals surface area contributed by atoms with Gasteiger partial charge in [-0.1, -0.05) is 71.0 Å². The van der Waals surface area contributed by atoms with Gasteiger partial charge in [-0.2, -0.15) is 0 Å². The molecule has 0 spiro atoms. The minimum atomic E-state index is -0.302. The molecule has 0 aliphatic rings. The van der Waals surface area contributed by atoms with Crippen molar-refractivity contribution in [1.82, 2.24) is 0 Å². The van der Waals surface area contributed by atoms with E-state index >= 15 is 0 Å². The zero-order chi connectivity index (χ0) is 25.7. The van der Waals surface area contributed by atoms with Crippen molar-refractivity contribution in [3.05, 3.63) is 87.6 Å². The van der Waals surface area contributed by atoms with Crippen LogP contribution < -0.4 is 11.5 Å². The Morgan fingerprint density at radius 3 is 2.00 bits per heavy atom. The second-order valence-electron chi connectivity index (χ2n) is 10.9. The highest BCUT2D eigenvalue weighted by molar-refractivity contribution is 5.68. The zero-order valence-electron chi connectivity index (χ0n) is 22.6. The first-order chi connectivity index (χ1) is 15.9. The molecule has 0 saturated heterocycles. The molecule has 3 nitrogen and oxygen atoms in total. The Morgan fingerprint density at radius 1 is 0.971 bits per heavy atom. The predicted octanol–water partition coefficient (Wildman–Crippen LogP) is 6.91. The maximum absolute atomic E-state index is 10.5.